The first-order chi connectivity index (χ1) is 8.25. The van der Waals surface area contributed by atoms with Crippen LogP contribution < -0.4 is 5.32 Å². The standard InChI is InChI=1S/C13H22N2OS/c1-11-10-15(7-8-16-11)6-5-14-12(2)13-4-3-9-17-13/h3-4,9,11-12,14H,5-8,10H2,1-2H3. The van der Waals surface area contributed by atoms with E-state index in [1.807, 2.05) is 11.3 Å². The van der Waals surface area contributed by atoms with Gasteiger partial charge in [0.05, 0.1) is 12.7 Å². The molecule has 0 bridgehead atoms. The van der Waals surface area contributed by atoms with Crippen LogP contribution in [-0.4, -0.2) is 43.8 Å². The maximum absolute atomic E-state index is 5.53. The molecule has 2 unspecified atom stereocenters. The highest BCUT2D eigenvalue weighted by Crippen LogP contribution is 2.17. The van der Waals surface area contributed by atoms with Crippen molar-refractivity contribution in [1.29, 1.82) is 0 Å². The third-order valence-electron chi connectivity index (χ3n) is 3.17. The van der Waals surface area contributed by atoms with Gasteiger partial charge in [-0.2, -0.15) is 0 Å². The quantitative estimate of drug-likeness (QED) is 0.871. The number of ether oxygens (including phenoxy) is 1. The Hall–Kier alpha value is -0.420. The van der Waals surface area contributed by atoms with Crippen molar-refractivity contribution in [3.8, 4) is 0 Å². The summed E-state index contributed by atoms with van der Waals surface area (Å²) in [7, 11) is 0. The summed E-state index contributed by atoms with van der Waals surface area (Å²) in [5.41, 5.74) is 0. The fourth-order valence-corrected chi connectivity index (χ4v) is 2.93. The van der Waals surface area contributed by atoms with E-state index >= 15 is 0 Å². The minimum atomic E-state index is 0.387. The van der Waals surface area contributed by atoms with Crippen LogP contribution >= 0.6 is 11.3 Å². The molecular weight excluding hydrogens is 232 g/mol. The van der Waals surface area contributed by atoms with Crippen LogP contribution in [0.3, 0.4) is 0 Å². The van der Waals surface area contributed by atoms with E-state index in [-0.39, 0.29) is 0 Å². The Morgan fingerprint density at radius 2 is 2.53 bits per heavy atom. The number of morpholine rings is 1. The lowest BCUT2D eigenvalue weighted by Crippen LogP contribution is -2.44. The molecule has 2 atom stereocenters. The lowest BCUT2D eigenvalue weighted by atomic mass is 10.2. The molecule has 2 rings (SSSR count). The molecule has 0 spiro atoms. The van der Waals surface area contributed by atoms with Crippen molar-refractivity contribution < 1.29 is 4.74 Å². The SMILES string of the molecule is CC1CN(CCNC(C)c2cccs2)CCO1. The summed E-state index contributed by atoms with van der Waals surface area (Å²) in [5, 5.41) is 5.71. The highest BCUT2D eigenvalue weighted by Gasteiger charge is 2.16. The van der Waals surface area contributed by atoms with Crippen LogP contribution in [0.4, 0.5) is 0 Å². The highest BCUT2D eigenvalue weighted by atomic mass is 32.1. The molecule has 1 aliphatic heterocycles. The molecule has 0 aromatic carbocycles. The van der Waals surface area contributed by atoms with Gasteiger partial charge in [0, 0.05) is 37.1 Å². The number of nitrogens with one attached hydrogen (secondary N) is 1. The summed E-state index contributed by atoms with van der Waals surface area (Å²) < 4.78 is 5.53. The van der Waals surface area contributed by atoms with Crippen LogP contribution in [0.15, 0.2) is 17.5 Å². The fourth-order valence-electron chi connectivity index (χ4n) is 2.17. The molecule has 96 valence electrons. The number of nitrogens with zero attached hydrogens (tertiary/aromatic N) is 1. The number of thiophene rings is 1. The maximum atomic E-state index is 5.53. The van der Waals surface area contributed by atoms with Gasteiger partial charge in [0.15, 0.2) is 0 Å². The van der Waals surface area contributed by atoms with Gasteiger partial charge in [-0.1, -0.05) is 6.07 Å². The largest absolute Gasteiger partial charge is 0.376 e. The van der Waals surface area contributed by atoms with Crippen molar-refractivity contribution in [2.45, 2.75) is 26.0 Å². The van der Waals surface area contributed by atoms with Crippen molar-refractivity contribution in [1.82, 2.24) is 10.2 Å². The average molecular weight is 254 g/mol. The molecule has 0 amide bonds. The van der Waals surface area contributed by atoms with Gasteiger partial charge in [-0.25, -0.2) is 0 Å². The first-order valence-electron chi connectivity index (χ1n) is 6.36. The van der Waals surface area contributed by atoms with E-state index < -0.39 is 0 Å². The van der Waals surface area contributed by atoms with Crippen LogP contribution in [0, 0.1) is 0 Å². The van der Waals surface area contributed by atoms with Crippen LogP contribution in [0.5, 0.6) is 0 Å². The minimum Gasteiger partial charge on any atom is -0.376 e. The number of rotatable bonds is 5. The van der Waals surface area contributed by atoms with E-state index in [9.17, 15) is 0 Å². The summed E-state index contributed by atoms with van der Waals surface area (Å²) in [5.74, 6) is 0. The molecular formula is C13H22N2OS. The van der Waals surface area contributed by atoms with Crippen LogP contribution in [0.1, 0.15) is 24.8 Å². The molecule has 1 fully saturated rings. The normalized spacial score (nSPS) is 23.8. The predicted octanol–water partition coefficient (Wildman–Crippen LogP) is 2.12. The molecule has 2 heterocycles. The Bertz CT molecular complexity index is 315. The van der Waals surface area contributed by atoms with Crippen LogP contribution in [0.2, 0.25) is 0 Å². The minimum absolute atomic E-state index is 0.387. The maximum Gasteiger partial charge on any atom is 0.0674 e. The zero-order chi connectivity index (χ0) is 12.1. The topological polar surface area (TPSA) is 24.5 Å². The molecule has 1 aromatic rings. The van der Waals surface area contributed by atoms with Crippen molar-refractivity contribution in [3.05, 3.63) is 22.4 Å². The van der Waals surface area contributed by atoms with E-state index in [0.29, 0.717) is 12.1 Å². The Labute approximate surface area is 108 Å². The second kappa shape index (κ2) is 6.50. The van der Waals surface area contributed by atoms with E-state index in [0.717, 1.165) is 32.8 Å². The predicted molar refractivity (Wildman–Crippen MR) is 72.6 cm³/mol. The summed E-state index contributed by atoms with van der Waals surface area (Å²) in [6.45, 7) is 9.55. The Morgan fingerprint density at radius 3 is 3.24 bits per heavy atom. The van der Waals surface area contributed by atoms with Crippen molar-refractivity contribution in [3.63, 3.8) is 0 Å². The van der Waals surface area contributed by atoms with Gasteiger partial charge in [-0.05, 0) is 25.3 Å². The van der Waals surface area contributed by atoms with Crippen LogP contribution in [-0.2, 0) is 4.74 Å². The lowest BCUT2D eigenvalue weighted by molar-refractivity contribution is -0.0177. The zero-order valence-corrected chi connectivity index (χ0v) is 11.5. The van der Waals surface area contributed by atoms with Gasteiger partial charge in [0.1, 0.15) is 0 Å². The third-order valence-corrected chi connectivity index (χ3v) is 4.23. The Kier molecular flexibility index (Phi) is 4.98. The molecule has 4 heteroatoms. The first kappa shape index (κ1) is 13.0. The summed E-state index contributed by atoms with van der Waals surface area (Å²) in [6, 6.07) is 4.77. The van der Waals surface area contributed by atoms with Crippen molar-refractivity contribution >= 4 is 11.3 Å². The summed E-state index contributed by atoms with van der Waals surface area (Å²) in [6.07, 6.45) is 0.387. The van der Waals surface area contributed by atoms with Gasteiger partial charge >= 0.3 is 0 Å². The van der Waals surface area contributed by atoms with Gasteiger partial charge < -0.3 is 10.1 Å². The molecule has 1 N–H and O–H groups in total. The molecule has 0 radical (unpaired) electrons. The summed E-state index contributed by atoms with van der Waals surface area (Å²) in [4.78, 5) is 3.89. The molecule has 1 aromatic heterocycles. The molecule has 0 saturated carbocycles. The highest BCUT2D eigenvalue weighted by molar-refractivity contribution is 7.10. The molecule has 1 saturated heterocycles. The lowest BCUT2D eigenvalue weighted by Gasteiger charge is -2.31. The third kappa shape index (κ3) is 4.07. The van der Waals surface area contributed by atoms with E-state index in [1.54, 1.807) is 0 Å². The first-order valence-corrected chi connectivity index (χ1v) is 7.24. The smallest absolute Gasteiger partial charge is 0.0674 e. The van der Waals surface area contributed by atoms with E-state index in [2.05, 4.69) is 41.6 Å². The molecule has 17 heavy (non-hydrogen) atoms. The van der Waals surface area contributed by atoms with Crippen molar-refractivity contribution in [2.75, 3.05) is 32.8 Å². The molecule has 3 nitrogen and oxygen atoms in total. The fraction of sp³-hybridized carbons (Fsp3) is 0.692. The van der Waals surface area contributed by atoms with Gasteiger partial charge in [0.2, 0.25) is 0 Å². The molecule has 1 aliphatic rings. The average Bonchev–Trinajstić information content (AvgIpc) is 2.82. The zero-order valence-electron chi connectivity index (χ0n) is 10.7. The Morgan fingerprint density at radius 1 is 1.65 bits per heavy atom. The van der Waals surface area contributed by atoms with Crippen molar-refractivity contribution in [2.24, 2.45) is 0 Å². The van der Waals surface area contributed by atoms with Gasteiger partial charge in [-0.15, -0.1) is 11.3 Å². The monoisotopic (exact) mass is 254 g/mol. The Balaban J connectivity index is 1.65. The summed E-state index contributed by atoms with van der Waals surface area (Å²) >= 11 is 1.82. The van der Waals surface area contributed by atoms with E-state index in [4.69, 9.17) is 4.74 Å². The van der Waals surface area contributed by atoms with E-state index in [1.165, 1.54) is 4.88 Å². The van der Waals surface area contributed by atoms with Gasteiger partial charge in [0.25, 0.3) is 0 Å². The van der Waals surface area contributed by atoms with Gasteiger partial charge in [-0.3, -0.25) is 4.90 Å². The number of hydrogen-bond donors (Lipinski definition) is 1. The second-order valence-electron chi connectivity index (χ2n) is 4.67. The van der Waals surface area contributed by atoms with Crippen LogP contribution in [0.25, 0.3) is 0 Å². The molecule has 0 aliphatic carbocycles. The second-order valence-corrected chi connectivity index (χ2v) is 5.65. The number of hydrogen-bond acceptors (Lipinski definition) is 4.